The molecule has 0 bridgehead atoms. The predicted octanol–water partition coefficient (Wildman–Crippen LogP) is 4.01. The molecule has 1 aliphatic heterocycles. The Bertz CT molecular complexity index is 1030. The van der Waals surface area contributed by atoms with E-state index in [1.807, 2.05) is 48.7 Å². The number of likely N-dealkylation sites (tertiary alicyclic amines) is 1. The van der Waals surface area contributed by atoms with E-state index in [-0.39, 0.29) is 17.9 Å². The molecule has 7 nitrogen and oxygen atoms in total. The lowest BCUT2D eigenvalue weighted by Crippen LogP contribution is -2.42. The Labute approximate surface area is 185 Å². The van der Waals surface area contributed by atoms with Crippen molar-refractivity contribution in [3.8, 4) is 0 Å². The average Bonchev–Trinajstić information content (AvgIpc) is 3.50. The zero-order valence-electron chi connectivity index (χ0n) is 17.7. The van der Waals surface area contributed by atoms with Crippen LogP contribution in [0.15, 0.2) is 52.5 Å². The average molecular weight is 439 g/mol. The second-order valence-corrected chi connectivity index (χ2v) is 8.57. The number of aryl methyl sites for hydroxylation is 1. The number of furan rings is 1. The summed E-state index contributed by atoms with van der Waals surface area (Å²) in [5.74, 6) is 0.665. The van der Waals surface area contributed by atoms with Gasteiger partial charge in [0, 0.05) is 18.8 Å². The predicted molar refractivity (Wildman–Crippen MR) is 120 cm³/mol. The zero-order chi connectivity index (χ0) is 21.8. The molecule has 1 atom stereocenters. The van der Waals surface area contributed by atoms with Crippen molar-refractivity contribution in [3.63, 3.8) is 0 Å². The molecule has 3 heterocycles. The first-order valence-corrected chi connectivity index (χ1v) is 11.2. The third-order valence-corrected chi connectivity index (χ3v) is 6.26. The van der Waals surface area contributed by atoms with Crippen molar-refractivity contribution in [2.75, 3.05) is 11.4 Å². The molecule has 1 aromatic carbocycles. The number of carbonyl (C=O) groups is 2. The highest BCUT2D eigenvalue weighted by molar-refractivity contribution is 7.14. The lowest BCUT2D eigenvalue weighted by atomic mass is 10.2. The largest absolute Gasteiger partial charge is 0.467 e. The zero-order valence-corrected chi connectivity index (χ0v) is 18.5. The minimum Gasteiger partial charge on any atom is -0.467 e. The van der Waals surface area contributed by atoms with Crippen LogP contribution in [-0.2, 0) is 22.7 Å². The van der Waals surface area contributed by atoms with Crippen LogP contribution in [0.25, 0.3) is 0 Å². The Morgan fingerprint density at radius 2 is 2.10 bits per heavy atom. The van der Waals surface area contributed by atoms with E-state index < -0.39 is 0 Å². The standard InChI is InChI=1S/C23H26N4O3S/c1-16-7-9-19(10-8-16)27(17(2)28)23-25-18(15-31-23)14-26-11-3-6-21(26)22(29)24-13-20-5-4-12-30-20/h4-5,7-10,12,15,21H,3,6,11,13-14H2,1-2H3,(H,24,29). The molecule has 1 aliphatic rings. The number of rotatable bonds is 7. The molecule has 1 fully saturated rings. The van der Waals surface area contributed by atoms with E-state index in [0.29, 0.717) is 18.2 Å². The van der Waals surface area contributed by atoms with E-state index in [4.69, 9.17) is 9.40 Å². The molecule has 4 rings (SSSR count). The van der Waals surface area contributed by atoms with Crippen molar-refractivity contribution >= 4 is 34.0 Å². The first kappa shape index (κ1) is 21.3. The number of anilines is 2. The first-order valence-electron chi connectivity index (χ1n) is 10.4. The summed E-state index contributed by atoms with van der Waals surface area (Å²) in [5.41, 5.74) is 2.80. The van der Waals surface area contributed by atoms with Gasteiger partial charge in [-0.25, -0.2) is 4.98 Å². The van der Waals surface area contributed by atoms with Gasteiger partial charge in [-0.15, -0.1) is 11.3 Å². The molecule has 2 amide bonds. The number of nitrogens with one attached hydrogen (secondary N) is 1. The minimum atomic E-state index is -0.180. The molecule has 1 unspecified atom stereocenters. The number of aromatic nitrogens is 1. The fourth-order valence-electron chi connectivity index (χ4n) is 3.82. The maximum Gasteiger partial charge on any atom is 0.237 e. The van der Waals surface area contributed by atoms with Crippen molar-refractivity contribution in [1.82, 2.24) is 15.2 Å². The van der Waals surface area contributed by atoms with E-state index in [1.165, 1.54) is 11.3 Å². The van der Waals surface area contributed by atoms with Gasteiger partial charge in [0.2, 0.25) is 11.8 Å². The van der Waals surface area contributed by atoms with Gasteiger partial charge in [-0.05, 0) is 50.6 Å². The van der Waals surface area contributed by atoms with Gasteiger partial charge >= 0.3 is 0 Å². The minimum absolute atomic E-state index is 0.00868. The van der Waals surface area contributed by atoms with E-state index in [9.17, 15) is 9.59 Å². The molecule has 162 valence electrons. The lowest BCUT2D eigenvalue weighted by molar-refractivity contribution is -0.125. The normalized spacial score (nSPS) is 16.4. The maximum absolute atomic E-state index is 12.7. The molecule has 1 saturated heterocycles. The molecule has 0 spiro atoms. The van der Waals surface area contributed by atoms with Crippen molar-refractivity contribution in [2.45, 2.75) is 45.8 Å². The highest BCUT2D eigenvalue weighted by Gasteiger charge is 2.31. The highest BCUT2D eigenvalue weighted by Crippen LogP contribution is 2.30. The second kappa shape index (κ2) is 9.45. The number of thiazole rings is 1. The van der Waals surface area contributed by atoms with Crippen LogP contribution in [0.3, 0.4) is 0 Å². The van der Waals surface area contributed by atoms with Gasteiger partial charge in [0.05, 0.1) is 30.2 Å². The van der Waals surface area contributed by atoms with E-state index >= 15 is 0 Å². The van der Waals surface area contributed by atoms with E-state index in [0.717, 1.165) is 42.1 Å². The van der Waals surface area contributed by atoms with Crippen molar-refractivity contribution in [3.05, 3.63) is 65.1 Å². The fraction of sp³-hybridized carbons (Fsp3) is 0.348. The number of amides is 2. The number of benzene rings is 1. The van der Waals surface area contributed by atoms with Crippen LogP contribution in [0.4, 0.5) is 10.8 Å². The fourth-order valence-corrected chi connectivity index (χ4v) is 4.70. The molecule has 0 saturated carbocycles. The first-order chi connectivity index (χ1) is 15.0. The summed E-state index contributed by atoms with van der Waals surface area (Å²) in [6.07, 6.45) is 3.40. The number of carbonyl (C=O) groups excluding carboxylic acids is 2. The molecular formula is C23H26N4O3S. The molecule has 8 heteroatoms. The van der Waals surface area contributed by atoms with Gasteiger partial charge in [-0.2, -0.15) is 0 Å². The van der Waals surface area contributed by atoms with Crippen LogP contribution in [0.2, 0.25) is 0 Å². The summed E-state index contributed by atoms with van der Waals surface area (Å²) < 4.78 is 5.29. The van der Waals surface area contributed by atoms with Gasteiger partial charge in [-0.1, -0.05) is 17.7 Å². The Morgan fingerprint density at radius 1 is 1.29 bits per heavy atom. The Morgan fingerprint density at radius 3 is 2.81 bits per heavy atom. The summed E-state index contributed by atoms with van der Waals surface area (Å²) in [6.45, 7) is 5.37. The van der Waals surface area contributed by atoms with Crippen LogP contribution in [0.1, 0.15) is 36.8 Å². The monoisotopic (exact) mass is 438 g/mol. The highest BCUT2D eigenvalue weighted by atomic mass is 32.1. The SMILES string of the molecule is CC(=O)N(c1ccc(C)cc1)c1nc(CN2CCCC2C(=O)NCc2ccco2)cs1. The maximum atomic E-state index is 12.7. The van der Waals surface area contributed by atoms with Gasteiger partial charge in [0.1, 0.15) is 5.76 Å². The second-order valence-electron chi connectivity index (χ2n) is 7.74. The Kier molecular flexibility index (Phi) is 6.48. The third kappa shape index (κ3) is 5.03. The lowest BCUT2D eigenvalue weighted by Gasteiger charge is -2.22. The van der Waals surface area contributed by atoms with Crippen LogP contribution in [0.5, 0.6) is 0 Å². The van der Waals surface area contributed by atoms with Gasteiger partial charge in [0.15, 0.2) is 5.13 Å². The van der Waals surface area contributed by atoms with E-state index in [2.05, 4.69) is 10.2 Å². The van der Waals surface area contributed by atoms with Crippen LogP contribution in [0, 0.1) is 6.92 Å². The van der Waals surface area contributed by atoms with Crippen molar-refractivity contribution in [1.29, 1.82) is 0 Å². The molecular weight excluding hydrogens is 412 g/mol. The van der Waals surface area contributed by atoms with Crippen molar-refractivity contribution < 1.29 is 14.0 Å². The summed E-state index contributed by atoms with van der Waals surface area (Å²) in [7, 11) is 0. The summed E-state index contributed by atoms with van der Waals surface area (Å²) in [6, 6.07) is 11.3. The molecule has 1 N–H and O–H groups in total. The summed E-state index contributed by atoms with van der Waals surface area (Å²) in [5, 5.41) is 5.57. The summed E-state index contributed by atoms with van der Waals surface area (Å²) >= 11 is 1.44. The van der Waals surface area contributed by atoms with Gasteiger partial charge in [-0.3, -0.25) is 19.4 Å². The van der Waals surface area contributed by atoms with Crippen LogP contribution >= 0.6 is 11.3 Å². The van der Waals surface area contributed by atoms with Gasteiger partial charge < -0.3 is 9.73 Å². The molecule has 0 radical (unpaired) electrons. The van der Waals surface area contributed by atoms with Crippen LogP contribution in [-0.4, -0.2) is 34.3 Å². The molecule has 31 heavy (non-hydrogen) atoms. The van der Waals surface area contributed by atoms with E-state index in [1.54, 1.807) is 18.1 Å². The molecule has 0 aliphatic carbocycles. The smallest absolute Gasteiger partial charge is 0.237 e. The number of hydrogen-bond acceptors (Lipinski definition) is 6. The van der Waals surface area contributed by atoms with Crippen LogP contribution < -0.4 is 10.2 Å². The summed E-state index contributed by atoms with van der Waals surface area (Å²) in [4.78, 5) is 33.5. The van der Waals surface area contributed by atoms with Crippen molar-refractivity contribution in [2.24, 2.45) is 0 Å². The molecule has 2 aromatic heterocycles. The quantitative estimate of drug-likeness (QED) is 0.603. The topological polar surface area (TPSA) is 78.7 Å². The Hall–Kier alpha value is -2.97. The number of nitrogens with zero attached hydrogens (tertiary/aromatic N) is 3. The van der Waals surface area contributed by atoms with Gasteiger partial charge in [0.25, 0.3) is 0 Å². The number of hydrogen-bond donors (Lipinski definition) is 1. The third-order valence-electron chi connectivity index (χ3n) is 5.39. The molecule has 3 aromatic rings. The Balaban J connectivity index is 1.42.